The van der Waals surface area contributed by atoms with Crippen LogP contribution in [0.3, 0.4) is 0 Å². The van der Waals surface area contributed by atoms with E-state index in [2.05, 4.69) is 20.8 Å². The summed E-state index contributed by atoms with van der Waals surface area (Å²) in [4.78, 5) is 69.7. The highest BCUT2D eigenvalue weighted by molar-refractivity contribution is 7.88. The third-order valence-electron chi connectivity index (χ3n) is 11.0. The number of anilines is 4. The Hall–Kier alpha value is -6.28. The highest BCUT2D eigenvalue weighted by atomic mass is 35.5. The van der Waals surface area contributed by atoms with E-state index in [0.29, 0.717) is 72.1 Å². The lowest BCUT2D eigenvalue weighted by Gasteiger charge is -2.37. The topological polar surface area (TPSA) is 201 Å². The number of carbonyl (C=O) groups is 3. The third kappa shape index (κ3) is 13.5. The lowest BCUT2D eigenvalue weighted by Crippen LogP contribution is -2.50. The van der Waals surface area contributed by atoms with E-state index in [0.717, 1.165) is 5.56 Å². The van der Waals surface area contributed by atoms with Crippen molar-refractivity contribution in [3.63, 3.8) is 0 Å². The summed E-state index contributed by atoms with van der Waals surface area (Å²) in [6, 6.07) is 22.5. The van der Waals surface area contributed by atoms with Gasteiger partial charge in [-0.05, 0) is 62.7 Å². The van der Waals surface area contributed by atoms with Gasteiger partial charge in [0.25, 0.3) is 11.1 Å². The molecule has 18 nitrogen and oxygen atoms in total. The molecule has 0 bridgehead atoms. The molecule has 0 saturated carbocycles. The number of nitrogens with one attached hydrogen (secondary N) is 2. The summed E-state index contributed by atoms with van der Waals surface area (Å²) in [5, 5.41) is 15.1. The first kappa shape index (κ1) is 52.1. The molecule has 2 N–H and O–H groups in total. The number of amides is 3. The Bertz CT molecular complexity index is 2870. The van der Waals surface area contributed by atoms with E-state index < -0.39 is 26.7 Å². The van der Waals surface area contributed by atoms with Gasteiger partial charge in [-0.2, -0.15) is 23.9 Å². The van der Waals surface area contributed by atoms with Gasteiger partial charge in [0, 0.05) is 74.2 Å². The molecule has 2 saturated heterocycles. The molecule has 0 radical (unpaired) electrons. The van der Waals surface area contributed by atoms with Gasteiger partial charge in [-0.1, -0.05) is 93.4 Å². The van der Waals surface area contributed by atoms with Crippen molar-refractivity contribution >= 4 is 73.9 Å². The van der Waals surface area contributed by atoms with Crippen LogP contribution in [0.5, 0.6) is 0 Å². The van der Waals surface area contributed by atoms with Gasteiger partial charge >= 0.3 is 6.09 Å². The second kappa shape index (κ2) is 22.4. The molecule has 0 unspecified atom stereocenters. The van der Waals surface area contributed by atoms with E-state index in [4.69, 9.17) is 27.9 Å². The number of rotatable bonds is 11. The first-order valence-electron chi connectivity index (χ1n) is 22.5. The molecule has 2 aliphatic heterocycles. The monoisotopic (exact) mass is 1000 g/mol. The van der Waals surface area contributed by atoms with Crippen molar-refractivity contribution in [3.8, 4) is 11.4 Å². The van der Waals surface area contributed by atoms with Crippen molar-refractivity contribution in [3.05, 3.63) is 128 Å². The van der Waals surface area contributed by atoms with Crippen LogP contribution in [0, 0.1) is 11.8 Å². The van der Waals surface area contributed by atoms with E-state index in [1.807, 2.05) is 48.8 Å². The van der Waals surface area contributed by atoms with Gasteiger partial charge in [0.2, 0.25) is 21.8 Å². The highest BCUT2D eigenvalue weighted by Crippen LogP contribution is 2.27. The summed E-state index contributed by atoms with van der Waals surface area (Å²) in [6.45, 7) is 15.4. The molecule has 0 aliphatic carbocycles. The Balaban J connectivity index is 0.000000228. The third-order valence-corrected chi connectivity index (χ3v) is 13.3. The lowest BCUT2D eigenvalue weighted by atomic mass is 10.2. The number of aromatic nitrogens is 4. The van der Waals surface area contributed by atoms with Gasteiger partial charge in [-0.3, -0.25) is 19.2 Å². The molecule has 21 heteroatoms. The normalized spacial score (nSPS) is 14.6. The standard InChI is InChI=1S/C25H28ClN5O4S.C23H30ClN5O4/c1-18(2)24(32)28-23-22(16-27-31(25(23)33)21-10-6-9-20(26)15-21)29-11-13-30(14-12-29)36(34,35)17-19-7-4-3-5-8-19;1-15(2)20(30)26-19-18(14-25-29(21(19)31)17-8-6-7-16(24)13-17)27-9-11-28(12-10-27)22(32)33-23(3,4)5/h3-10,15-16,18H,11-14,17H2,1-2H3,(H,28,32);6-8,13-15H,9-12H2,1-5H3,(H,26,30). The van der Waals surface area contributed by atoms with E-state index in [-0.39, 0.29) is 60.0 Å². The molecule has 3 amide bonds. The Morgan fingerprint density at radius 3 is 1.49 bits per heavy atom. The fourth-order valence-electron chi connectivity index (χ4n) is 7.26. The van der Waals surface area contributed by atoms with Crippen molar-refractivity contribution in [1.82, 2.24) is 28.8 Å². The fourth-order valence-corrected chi connectivity index (χ4v) is 9.15. The van der Waals surface area contributed by atoms with Crippen LogP contribution < -0.4 is 31.6 Å². The van der Waals surface area contributed by atoms with Crippen molar-refractivity contribution < 1.29 is 27.5 Å². The number of carbonyl (C=O) groups excluding carboxylic acids is 3. The van der Waals surface area contributed by atoms with Crippen molar-refractivity contribution in [2.24, 2.45) is 11.8 Å². The molecule has 0 spiro atoms. The van der Waals surface area contributed by atoms with Crippen LogP contribution in [0.1, 0.15) is 54.0 Å². The molecule has 5 aromatic rings. The van der Waals surface area contributed by atoms with Crippen LogP contribution in [-0.2, 0) is 30.1 Å². The van der Waals surface area contributed by atoms with E-state index in [1.165, 1.54) is 19.9 Å². The first-order valence-corrected chi connectivity index (χ1v) is 24.9. The SMILES string of the molecule is CC(C)C(=O)Nc1c(N2CCN(C(=O)OC(C)(C)C)CC2)cnn(-c2cccc(Cl)c2)c1=O.CC(C)C(=O)Nc1c(N2CCN(S(=O)(=O)Cc3ccccc3)CC2)cnn(-c2cccc(Cl)c2)c1=O. The fraction of sp³-hybridized carbons (Fsp3) is 0.396. The van der Waals surface area contributed by atoms with Crippen LogP contribution in [0.2, 0.25) is 10.0 Å². The predicted octanol–water partition coefficient (Wildman–Crippen LogP) is 6.67. The van der Waals surface area contributed by atoms with Crippen molar-refractivity contribution in [2.75, 3.05) is 72.8 Å². The van der Waals surface area contributed by atoms with Crippen LogP contribution >= 0.6 is 23.2 Å². The van der Waals surface area contributed by atoms with E-state index in [1.54, 1.807) is 99.5 Å². The van der Waals surface area contributed by atoms with Crippen LogP contribution in [0.15, 0.2) is 101 Å². The minimum atomic E-state index is -3.49. The highest BCUT2D eigenvalue weighted by Gasteiger charge is 2.31. The number of ether oxygens (including phenoxy) is 1. The molecular weight excluding hydrogens is 948 g/mol. The zero-order chi connectivity index (χ0) is 50.2. The van der Waals surface area contributed by atoms with Crippen molar-refractivity contribution in [2.45, 2.75) is 59.8 Å². The number of hydrogen-bond acceptors (Lipinski definition) is 12. The van der Waals surface area contributed by atoms with Crippen LogP contribution in [-0.4, -0.2) is 113 Å². The molecule has 2 aromatic heterocycles. The Kier molecular flexibility index (Phi) is 16.9. The number of benzene rings is 3. The number of hydrogen-bond donors (Lipinski definition) is 2. The minimum absolute atomic E-state index is 0.0687. The van der Waals surface area contributed by atoms with Gasteiger partial charge in [-0.15, -0.1) is 0 Å². The van der Waals surface area contributed by atoms with Gasteiger partial charge in [0.1, 0.15) is 17.0 Å². The first-order chi connectivity index (χ1) is 32.6. The summed E-state index contributed by atoms with van der Waals surface area (Å²) in [6.07, 6.45) is 2.71. The lowest BCUT2D eigenvalue weighted by molar-refractivity contribution is -0.119. The summed E-state index contributed by atoms with van der Waals surface area (Å²) in [5.74, 6) is -1.30. The van der Waals surface area contributed by atoms with Crippen LogP contribution in [0.4, 0.5) is 27.5 Å². The molecule has 368 valence electrons. The predicted molar refractivity (Wildman–Crippen MR) is 269 cm³/mol. The van der Waals surface area contributed by atoms with Gasteiger partial charge in [0.05, 0.1) is 40.9 Å². The Morgan fingerprint density at radius 1 is 0.652 bits per heavy atom. The molecule has 7 rings (SSSR count). The van der Waals surface area contributed by atoms with Gasteiger partial charge < -0.3 is 30.1 Å². The number of sulfonamides is 1. The second-order valence-electron chi connectivity index (χ2n) is 18.1. The molecule has 69 heavy (non-hydrogen) atoms. The molecule has 0 atom stereocenters. The molecule has 4 heterocycles. The summed E-state index contributed by atoms with van der Waals surface area (Å²) in [5.41, 5.74) is 1.37. The maximum absolute atomic E-state index is 13.4. The average Bonchev–Trinajstić information content (AvgIpc) is 3.30. The maximum atomic E-state index is 13.4. The summed E-state index contributed by atoms with van der Waals surface area (Å²) in [7, 11) is -3.49. The van der Waals surface area contributed by atoms with Crippen LogP contribution in [0.25, 0.3) is 11.4 Å². The van der Waals surface area contributed by atoms with E-state index in [9.17, 15) is 32.4 Å². The second-order valence-corrected chi connectivity index (χ2v) is 20.9. The molecule has 2 fully saturated rings. The largest absolute Gasteiger partial charge is 0.444 e. The Morgan fingerprint density at radius 2 is 1.09 bits per heavy atom. The van der Waals surface area contributed by atoms with Crippen molar-refractivity contribution in [1.29, 1.82) is 0 Å². The summed E-state index contributed by atoms with van der Waals surface area (Å²) >= 11 is 12.2. The smallest absolute Gasteiger partial charge is 0.410 e. The zero-order valence-electron chi connectivity index (χ0n) is 39.7. The Labute approximate surface area is 411 Å². The number of nitrogens with zero attached hydrogens (tertiary/aromatic N) is 8. The minimum Gasteiger partial charge on any atom is -0.444 e. The molecule has 3 aromatic carbocycles. The quantitative estimate of drug-likeness (QED) is 0.143. The molecule has 2 aliphatic rings. The zero-order valence-corrected chi connectivity index (χ0v) is 42.0. The number of piperazine rings is 2. The summed E-state index contributed by atoms with van der Waals surface area (Å²) < 4.78 is 35.2. The molecular formula is C48H58Cl2N10O8S. The van der Waals surface area contributed by atoms with Gasteiger partial charge in [0.15, 0.2) is 0 Å². The van der Waals surface area contributed by atoms with E-state index >= 15 is 0 Å². The maximum Gasteiger partial charge on any atom is 0.410 e. The van der Waals surface area contributed by atoms with Gasteiger partial charge in [-0.25, -0.2) is 13.2 Å². The number of halogens is 2. The average molecular weight is 1010 g/mol.